The number of halogens is 3. The van der Waals surface area contributed by atoms with Crippen molar-refractivity contribution in [3.8, 4) is 0 Å². The SMILES string of the molecule is O=CCC1CCCc2c3c(n([C@@H](CCc4ccccc4)c4ccc(C(F)(F)F)cc4)c21)CCCC3. The van der Waals surface area contributed by atoms with Crippen molar-refractivity contribution in [3.05, 3.63) is 93.8 Å². The molecule has 184 valence electrons. The number of rotatable bonds is 7. The average molecular weight is 480 g/mol. The number of nitrogens with zero attached hydrogens (tertiary/aromatic N) is 1. The molecule has 1 aromatic heterocycles. The van der Waals surface area contributed by atoms with Gasteiger partial charge in [0.2, 0.25) is 0 Å². The van der Waals surface area contributed by atoms with Gasteiger partial charge in [-0.1, -0.05) is 42.5 Å². The summed E-state index contributed by atoms with van der Waals surface area (Å²) in [7, 11) is 0. The molecule has 2 nitrogen and oxygen atoms in total. The molecule has 0 saturated heterocycles. The maximum atomic E-state index is 13.3. The third-order valence-electron chi connectivity index (χ3n) is 7.89. The van der Waals surface area contributed by atoms with Crippen LogP contribution >= 0.6 is 0 Å². The van der Waals surface area contributed by atoms with E-state index in [-0.39, 0.29) is 12.0 Å². The Labute approximate surface area is 205 Å². The summed E-state index contributed by atoms with van der Waals surface area (Å²) in [5, 5.41) is 0. The lowest BCUT2D eigenvalue weighted by Gasteiger charge is -2.31. The molecule has 5 heteroatoms. The van der Waals surface area contributed by atoms with Crippen LogP contribution in [0.25, 0.3) is 0 Å². The van der Waals surface area contributed by atoms with Gasteiger partial charge < -0.3 is 9.36 Å². The fraction of sp³-hybridized carbons (Fsp3) is 0.433. The second kappa shape index (κ2) is 10.0. The molecule has 0 radical (unpaired) electrons. The zero-order chi connectivity index (χ0) is 24.4. The first-order valence-electron chi connectivity index (χ1n) is 12.9. The van der Waals surface area contributed by atoms with E-state index < -0.39 is 11.7 Å². The highest BCUT2D eigenvalue weighted by Gasteiger charge is 2.35. The summed E-state index contributed by atoms with van der Waals surface area (Å²) in [6.07, 6.45) is 6.34. The zero-order valence-corrected chi connectivity index (χ0v) is 20.0. The predicted octanol–water partition coefficient (Wildman–Crippen LogP) is 7.62. The molecule has 0 saturated carbocycles. The van der Waals surface area contributed by atoms with E-state index in [0.29, 0.717) is 6.42 Å². The Morgan fingerprint density at radius 2 is 1.63 bits per heavy atom. The van der Waals surface area contributed by atoms with Gasteiger partial charge in [0.15, 0.2) is 0 Å². The standard InChI is InChI=1S/C30H32F3NO/c31-30(32,33)24-16-14-22(15-17-24)27(18-13-21-7-2-1-3-8-21)34-28-12-5-4-10-25(28)26-11-6-9-23(19-20-35)29(26)34/h1-3,7-8,14-17,20,23,27H,4-6,9-13,18-19H2/t23?,27-/m0/s1. The summed E-state index contributed by atoms with van der Waals surface area (Å²) in [6, 6.07) is 16.0. The lowest BCUT2D eigenvalue weighted by molar-refractivity contribution is -0.137. The third kappa shape index (κ3) is 4.82. The van der Waals surface area contributed by atoms with E-state index in [1.165, 1.54) is 46.6 Å². The van der Waals surface area contributed by atoms with Crippen LogP contribution in [-0.4, -0.2) is 10.9 Å². The number of aromatic nitrogens is 1. The predicted molar refractivity (Wildman–Crippen MR) is 132 cm³/mol. The molecular formula is C30H32F3NO. The quantitative estimate of drug-likeness (QED) is 0.320. The molecule has 0 N–H and O–H groups in total. The Morgan fingerprint density at radius 1 is 0.914 bits per heavy atom. The molecule has 0 spiro atoms. The van der Waals surface area contributed by atoms with E-state index in [4.69, 9.17) is 0 Å². The highest BCUT2D eigenvalue weighted by atomic mass is 19.4. The summed E-state index contributed by atoms with van der Waals surface area (Å²) in [4.78, 5) is 11.6. The maximum Gasteiger partial charge on any atom is 0.416 e. The van der Waals surface area contributed by atoms with Gasteiger partial charge in [-0.05, 0) is 92.2 Å². The number of carbonyl (C=O) groups excluding carboxylic acids is 1. The van der Waals surface area contributed by atoms with Crippen molar-refractivity contribution in [2.45, 2.75) is 82.3 Å². The van der Waals surface area contributed by atoms with Gasteiger partial charge in [-0.25, -0.2) is 0 Å². The van der Waals surface area contributed by atoms with Crippen molar-refractivity contribution in [1.82, 2.24) is 4.57 Å². The minimum absolute atomic E-state index is 0.0552. The number of benzene rings is 2. The molecule has 0 fully saturated rings. The topological polar surface area (TPSA) is 22.0 Å². The molecule has 0 aliphatic heterocycles. The van der Waals surface area contributed by atoms with Crippen LogP contribution in [0.1, 0.15) is 89.7 Å². The molecule has 1 unspecified atom stereocenters. The van der Waals surface area contributed by atoms with E-state index >= 15 is 0 Å². The van der Waals surface area contributed by atoms with Crippen molar-refractivity contribution >= 4 is 6.29 Å². The molecule has 35 heavy (non-hydrogen) atoms. The van der Waals surface area contributed by atoms with Gasteiger partial charge in [0.05, 0.1) is 11.6 Å². The first-order valence-corrected chi connectivity index (χ1v) is 12.9. The Kier molecular flexibility index (Phi) is 6.86. The lowest BCUT2D eigenvalue weighted by atomic mass is 9.82. The van der Waals surface area contributed by atoms with Gasteiger partial charge in [-0.2, -0.15) is 13.2 Å². The molecule has 2 atom stereocenters. The van der Waals surface area contributed by atoms with Gasteiger partial charge in [-0.15, -0.1) is 0 Å². The summed E-state index contributed by atoms with van der Waals surface area (Å²) in [5.41, 5.74) is 7.05. The van der Waals surface area contributed by atoms with Gasteiger partial charge in [-0.3, -0.25) is 0 Å². The Balaban J connectivity index is 1.63. The number of aldehydes is 1. The second-order valence-electron chi connectivity index (χ2n) is 10.0. The number of aryl methyl sites for hydroxylation is 1. The van der Waals surface area contributed by atoms with Crippen LogP contribution in [0.15, 0.2) is 54.6 Å². The molecule has 5 rings (SSSR count). The highest BCUT2D eigenvalue weighted by Crippen LogP contribution is 2.44. The normalized spacial score (nSPS) is 18.5. The average Bonchev–Trinajstić information content (AvgIpc) is 3.20. The summed E-state index contributed by atoms with van der Waals surface area (Å²) in [6.45, 7) is 0. The smallest absolute Gasteiger partial charge is 0.340 e. The van der Waals surface area contributed by atoms with Crippen LogP contribution < -0.4 is 0 Å². The fourth-order valence-corrected chi connectivity index (χ4v) is 6.30. The summed E-state index contributed by atoms with van der Waals surface area (Å²) >= 11 is 0. The Morgan fingerprint density at radius 3 is 2.34 bits per heavy atom. The molecule has 0 amide bonds. The maximum absolute atomic E-state index is 13.3. The van der Waals surface area contributed by atoms with Crippen LogP contribution in [-0.2, 0) is 36.7 Å². The second-order valence-corrected chi connectivity index (χ2v) is 10.0. The van der Waals surface area contributed by atoms with Crippen molar-refractivity contribution in [1.29, 1.82) is 0 Å². The fourth-order valence-electron chi connectivity index (χ4n) is 6.30. The van der Waals surface area contributed by atoms with Crippen LogP contribution in [0, 0.1) is 0 Å². The van der Waals surface area contributed by atoms with E-state index in [2.05, 4.69) is 16.7 Å². The first kappa shape index (κ1) is 23.9. The molecule has 2 aliphatic carbocycles. The number of hydrogen-bond acceptors (Lipinski definition) is 1. The Hall–Kier alpha value is -2.82. The molecule has 2 aromatic carbocycles. The molecule has 3 aromatic rings. The number of hydrogen-bond donors (Lipinski definition) is 0. The minimum atomic E-state index is -4.35. The van der Waals surface area contributed by atoms with E-state index in [0.717, 1.165) is 63.2 Å². The van der Waals surface area contributed by atoms with Crippen molar-refractivity contribution in [3.63, 3.8) is 0 Å². The number of alkyl halides is 3. The highest BCUT2D eigenvalue weighted by molar-refractivity contribution is 5.54. The van der Waals surface area contributed by atoms with Crippen molar-refractivity contribution in [2.75, 3.05) is 0 Å². The van der Waals surface area contributed by atoms with Crippen LogP contribution in [0.4, 0.5) is 13.2 Å². The first-order chi connectivity index (χ1) is 17.0. The van der Waals surface area contributed by atoms with Gasteiger partial charge in [0.1, 0.15) is 6.29 Å². The van der Waals surface area contributed by atoms with Crippen LogP contribution in [0.3, 0.4) is 0 Å². The molecule has 2 aliphatic rings. The van der Waals surface area contributed by atoms with Gasteiger partial charge in [0.25, 0.3) is 0 Å². The summed E-state index contributed by atoms with van der Waals surface area (Å²) < 4.78 is 42.4. The molecular weight excluding hydrogens is 447 g/mol. The molecule has 0 bridgehead atoms. The van der Waals surface area contributed by atoms with E-state index in [9.17, 15) is 18.0 Å². The van der Waals surface area contributed by atoms with Gasteiger partial charge in [0, 0.05) is 23.7 Å². The minimum Gasteiger partial charge on any atom is -0.340 e. The zero-order valence-electron chi connectivity index (χ0n) is 20.0. The van der Waals surface area contributed by atoms with Crippen molar-refractivity contribution < 1.29 is 18.0 Å². The largest absolute Gasteiger partial charge is 0.416 e. The van der Waals surface area contributed by atoms with Crippen molar-refractivity contribution in [2.24, 2.45) is 0 Å². The van der Waals surface area contributed by atoms with Crippen LogP contribution in [0.2, 0.25) is 0 Å². The molecule has 1 heterocycles. The Bertz CT molecular complexity index is 1160. The van der Waals surface area contributed by atoms with Crippen LogP contribution in [0.5, 0.6) is 0 Å². The third-order valence-corrected chi connectivity index (χ3v) is 7.89. The number of carbonyl (C=O) groups is 1. The van der Waals surface area contributed by atoms with E-state index in [1.54, 1.807) is 12.1 Å². The van der Waals surface area contributed by atoms with Gasteiger partial charge >= 0.3 is 6.18 Å². The number of fused-ring (bicyclic) bond motifs is 3. The monoisotopic (exact) mass is 479 g/mol. The summed E-state index contributed by atoms with van der Waals surface area (Å²) in [5.74, 6) is 0.190. The van der Waals surface area contributed by atoms with E-state index in [1.807, 2.05) is 18.2 Å². The lowest BCUT2D eigenvalue weighted by Crippen LogP contribution is -2.22.